The monoisotopic (exact) mass is 181 g/mol. The minimum absolute atomic E-state index is 0.0937. The molecule has 0 radical (unpaired) electrons. The molecular formula is C11H19NO. The van der Waals surface area contributed by atoms with Gasteiger partial charge in [0.05, 0.1) is 12.7 Å². The summed E-state index contributed by atoms with van der Waals surface area (Å²) in [4.78, 5) is 0. The van der Waals surface area contributed by atoms with Gasteiger partial charge in [0.25, 0.3) is 0 Å². The second-order valence-electron chi connectivity index (χ2n) is 3.85. The second kappa shape index (κ2) is 5.18. The molecule has 2 unspecified atom stereocenters. The van der Waals surface area contributed by atoms with Crippen molar-refractivity contribution in [3.63, 3.8) is 0 Å². The van der Waals surface area contributed by atoms with Gasteiger partial charge in [0.2, 0.25) is 0 Å². The molecule has 1 aliphatic carbocycles. The van der Waals surface area contributed by atoms with E-state index in [9.17, 15) is 0 Å². The van der Waals surface area contributed by atoms with Crippen LogP contribution in [0.2, 0.25) is 0 Å². The molecule has 0 heterocycles. The first-order chi connectivity index (χ1) is 6.24. The first-order valence-corrected chi connectivity index (χ1v) is 5.04. The van der Waals surface area contributed by atoms with Crippen molar-refractivity contribution in [3.8, 4) is 0 Å². The van der Waals surface area contributed by atoms with Crippen molar-refractivity contribution < 1.29 is 4.74 Å². The van der Waals surface area contributed by atoms with Gasteiger partial charge >= 0.3 is 0 Å². The van der Waals surface area contributed by atoms with Crippen LogP contribution in [0, 0.1) is 11.3 Å². The van der Waals surface area contributed by atoms with Crippen molar-refractivity contribution in [1.29, 1.82) is 5.41 Å². The molecule has 0 spiro atoms. The van der Waals surface area contributed by atoms with Crippen molar-refractivity contribution in [3.05, 3.63) is 12.7 Å². The van der Waals surface area contributed by atoms with Gasteiger partial charge in [0, 0.05) is 5.71 Å². The number of rotatable bonds is 4. The molecule has 1 N–H and O–H groups in total. The molecule has 1 saturated carbocycles. The summed E-state index contributed by atoms with van der Waals surface area (Å²) in [5.74, 6) is 0.673. The maximum absolute atomic E-state index is 7.76. The molecule has 1 rings (SSSR count). The van der Waals surface area contributed by atoms with Gasteiger partial charge < -0.3 is 10.1 Å². The second-order valence-corrected chi connectivity index (χ2v) is 3.85. The Bertz CT molecular complexity index is 189. The standard InChI is InChI=1S/C11H19NO/c1-3-4-7-13-11-6-5-9(2)8-10(11)12/h3,9,11-12H,1,4-8H2,2H3. The normalized spacial score (nSPS) is 28.8. The zero-order valence-corrected chi connectivity index (χ0v) is 8.38. The van der Waals surface area contributed by atoms with Crippen molar-refractivity contribution in [1.82, 2.24) is 0 Å². The molecule has 2 nitrogen and oxygen atoms in total. The zero-order valence-electron chi connectivity index (χ0n) is 8.38. The van der Waals surface area contributed by atoms with Crippen LogP contribution < -0.4 is 0 Å². The van der Waals surface area contributed by atoms with Crippen molar-refractivity contribution in [2.45, 2.75) is 38.7 Å². The Morgan fingerprint density at radius 2 is 2.38 bits per heavy atom. The summed E-state index contributed by atoms with van der Waals surface area (Å²) in [7, 11) is 0. The van der Waals surface area contributed by atoms with E-state index in [1.54, 1.807) is 0 Å². The highest BCUT2D eigenvalue weighted by molar-refractivity contribution is 5.86. The summed E-state index contributed by atoms with van der Waals surface area (Å²) in [5.41, 5.74) is 0.780. The third-order valence-corrected chi connectivity index (χ3v) is 2.52. The lowest BCUT2D eigenvalue weighted by Crippen LogP contribution is -2.30. The fourth-order valence-corrected chi connectivity index (χ4v) is 1.70. The van der Waals surface area contributed by atoms with Gasteiger partial charge in [-0.1, -0.05) is 13.0 Å². The van der Waals surface area contributed by atoms with Gasteiger partial charge in [-0.2, -0.15) is 0 Å². The molecule has 2 heteroatoms. The molecular weight excluding hydrogens is 162 g/mol. The van der Waals surface area contributed by atoms with Gasteiger partial charge in [-0.3, -0.25) is 0 Å². The topological polar surface area (TPSA) is 33.1 Å². The Hall–Kier alpha value is -0.630. The quantitative estimate of drug-likeness (QED) is 0.525. The molecule has 2 atom stereocenters. The van der Waals surface area contributed by atoms with Crippen LogP contribution in [-0.4, -0.2) is 18.4 Å². The summed E-state index contributed by atoms with van der Waals surface area (Å²) in [5, 5.41) is 7.76. The molecule has 0 amide bonds. The van der Waals surface area contributed by atoms with Crippen LogP contribution in [-0.2, 0) is 4.74 Å². The van der Waals surface area contributed by atoms with Crippen molar-refractivity contribution in [2.24, 2.45) is 5.92 Å². The van der Waals surface area contributed by atoms with Crippen LogP contribution in [0.5, 0.6) is 0 Å². The van der Waals surface area contributed by atoms with Gasteiger partial charge in [-0.15, -0.1) is 6.58 Å². The minimum atomic E-state index is 0.0937. The van der Waals surface area contributed by atoms with Crippen LogP contribution in [0.3, 0.4) is 0 Å². The lowest BCUT2D eigenvalue weighted by Gasteiger charge is -2.27. The van der Waals surface area contributed by atoms with E-state index in [4.69, 9.17) is 10.1 Å². The Balaban J connectivity index is 2.25. The lowest BCUT2D eigenvalue weighted by atomic mass is 9.87. The Morgan fingerprint density at radius 1 is 1.62 bits per heavy atom. The van der Waals surface area contributed by atoms with Crippen molar-refractivity contribution in [2.75, 3.05) is 6.61 Å². The Labute approximate surface area is 80.5 Å². The maximum Gasteiger partial charge on any atom is 0.0949 e. The first-order valence-electron chi connectivity index (χ1n) is 5.04. The van der Waals surface area contributed by atoms with E-state index in [1.165, 1.54) is 6.42 Å². The highest BCUT2D eigenvalue weighted by Crippen LogP contribution is 2.23. The molecule has 0 saturated heterocycles. The van der Waals surface area contributed by atoms with E-state index in [0.717, 1.165) is 25.0 Å². The molecule has 1 fully saturated rings. The third-order valence-electron chi connectivity index (χ3n) is 2.52. The summed E-state index contributed by atoms with van der Waals surface area (Å²) >= 11 is 0. The average molecular weight is 181 g/mol. The van der Waals surface area contributed by atoms with E-state index < -0.39 is 0 Å². The van der Waals surface area contributed by atoms with Crippen LogP contribution >= 0.6 is 0 Å². The van der Waals surface area contributed by atoms with Crippen LogP contribution in [0.1, 0.15) is 32.6 Å². The summed E-state index contributed by atoms with van der Waals surface area (Å²) < 4.78 is 5.59. The third kappa shape index (κ3) is 3.31. The minimum Gasteiger partial charge on any atom is -0.372 e. The fraction of sp³-hybridized carbons (Fsp3) is 0.727. The predicted molar refractivity (Wildman–Crippen MR) is 55.3 cm³/mol. The van der Waals surface area contributed by atoms with Crippen LogP contribution in [0.15, 0.2) is 12.7 Å². The van der Waals surface area contributed by atoms with E-state index in [0.29, 0.717) is 12.5 Å². The zero-order chi connectivity index (χ0) is 9.68. The largest absolute Gasteiger partial charge is 0.372 e. The van der Waals surface area contributed by atoms with Gasteiger partial charge in [0.1, 0.15) is 0 Å². The highest BCUT2D eigenvalue weighted by atomic mass is 16.5. The summed E-state index contributed by atoms with van der Waals surface area (Å²) in [6, 6.07) is 0. The molecule has 1 aliphatic rings. The van der Waals surface area contributed by atoms with Crippen LogP contribution in [0.4, 0.5) is 0 Å². The SMILES string of the molecule is C=CCCOC1CCC(C)CC1=N. The molecule has 0 aromatic carbocycles. The number of hydrogen-bond donors (Lipinski definition) is 1. The number of hydrogen-bond acceptors (Lipinski definition) is 2. The van der Waals surface area contributed by atoms with Gasteiger partial charge in [-0.05, 0) is 31.6 Å². The number of ether oxygens (including phenoxy) is 1. The molecule has 74 valence electrons. The molecule has 0 aromatic heterocycles. The molecule has 0 aromatic rings. The van der Waals surface area contributed by atoms with E-state index >= 15 is 0 Å². The Morgan fingerprint density at radius 3 is 3.00 bits per heavy atom. The van der Waals surface area contributed by atoms with Gasteiger partial charge in [-0.25, -0.2) is 0 Å². The Kier molecular flexibility index (Phi) is 4.16. The lowest BCUT2D eigenvalue weighted by molar-refractivity contribution is 0.0821. The van der Waals surface area contributed by atoms with Crippen LogP contribution in [0.25, 0.3) is 0 Å². The van der Waals surface area contributed by atoms with E-state index in [2.05, 4.69) is 13.5 Å². The molecule has 0 aliphatic heterocycles. The fourth-order valence-electron chi connectivity index (χ4n) is 1.70. The molecule has 13 heavy (non-hydrogen) atoms. The van der Waals surface area contributed by atoms with Gasteiger partial charge in [0.15, 0.2) is 0 Å². The summed E-state index contributed by atoms with van der Waals surface area (Å²) in [6.45, 7) is 6.56. The smallest absolute Gasteiger partial charge is 0.0949 e. The first kappa shape index (κ1) is 10.5. The average Bonchev–Trinajstić information content (AvgIpc) is 2.09. The maximum atomic E-state index is 7.76. The molecule has 0 bridgehead atoms. The van der Waals surface area contributed by atoms with E-state index in [-0.39, 0.29) is 6.10 Å². The summed E-state index contributed by atoms with van der Waals surface area (Å²) in [6.07, 6.45) is 5.97. The van der Waals surface area contributed by atoms with Crippen molar-refractivity contribution >= 4 is 5.71 Å². The van der Waals surface area contributed by atoms with E-state index in [1.807, 2.05) is 6.08 Å². The highest BCUT2D eigenvalue weighted by Gasteiger charge is 2.23. The number of nitrogens with one attached hydrogen (secondary N) is 1. The predicted octanol–water partition coefficient (Wildman–Crippen LogP) is 2.79.